The van der Waals surface area contributed by atoms with Gasteiger partial charge in [0.1, 0.15) is 23.5 Å². The number of rotatable bonds is 5. The van der Waals surface area contributed by atoms with Crippen molar-refractivity contribution in [1.29, 1.82) is 0 Å². The quantitative estimate of drug-likeness (QED) is 0.445. The van der Waals surface area contributed by atoms with Crippen LogP contribution in [-0.4, -0.2) is 31.2 Å². The van der Waals surface area contributed by atoms with Crippen LogP contribution < -0.4 is 5.56 Å². The Bertz CT molecular complexity index is 1180. The summed E-state index contributed by atoms with van der Waals surface area (Å²) in [5, 5.41) is 8.44. The summed E-state index contributed by atoms with van der Waals surface area (Å²) in [6.07, 6.45) is 4.76. The minimum atomic E-state index is -0.323. The number of aromatic amines is 1. The highest BCUT2D eigenvalue weighted by molar-refractivity contribution is 7.98. The minimum absolute atomic E-state index is 0.196. The molecule has 0 saturated heterocycles. The average Bonchev–Trinajstić information content (AvgIpc) is 3.39. The zero-order chi connectivity index (χ0) is 22.4. The van der Waals surface area contributed by atoms with Crippen LogP contribution in [0.15, 0.2) is 63.1 Å². The van der Waals surface area contributed by atoms with E-state index in [-0.39, 0.29) is 17.9 Å². The predicted octanol–water partition coefficient (Wildman–Crippen LogP) is 4.86. The zero-order valence-electron chi connectivity index (χ0n) is 17.8. The van der Waals surface area contributed by atoms with Gasteiger partial charge >= 0.3 is 0 Å². The van der Waals surface area contributed by atoms with Crippen LogP contribution in [0.5, 0.6) is 0 Å². The molecule has 0 radical (unpaired) electrons. The van der Waals surface area contributed by atoms with Crippen molar-refractivity contribution in [1.82, 2.24) is 24.9 Å². The molecule has 7 nitrogen and oxygen atoms in total. The molecule has 0 saturated carbocycles. The maximum atomic E-state index is 14.1. The van der Waals surface area contributed by atoms with Crippen molar-refractivity contribution in [3.8, 4) is 22.9 Å². The van der Waals surface area contributed by atoms with E-state index < -0.39 is 0 Å². The molecule has 0 aliphatic heterocycles. The Morgan fingerprint density at radius 2 is 1.94 bits per heavy atom. The second-order valence-electron chi connectivity index (χ2n) is 7.41. The Labute approximate surface area is 183 Å². The molecule has 0 amide bonds. The molecule has 0 bridgehead atoms. The smallest absolute Gasteiger partial charge is 0.264 e. The summed E-state index contributed by atoms with van der Waals surface area (Å²) < 4.78 is 20.6. The number of nitrogens with one attached hydrogen (secondary N) is 1. The van der Waals surface area contributed by atoms with Gasteiger partial charge in [-0.15, -0.1) is 11.8 Å². The molecule has 0 unspecified atom stereocenters. The molecular formula is C22H24FN5O2S. The van der Waals surface area contributed by atoms with Crippen molar-refractivity contribution in [2.75, 3.05) is 6.26 Å². The van der Waals surface area contributed by atoms with Crippen molar-refractivity contribution in [2.24, 2.45) is 5.92 Å². The SMILES string of the molecule is CC(C)C.CSc1cnc(-c2cc(-c3ccon3)n(Cc3ccccc3F)n2)[nH]c1=O. The molecule has 31 heavy (non-hydrogen) atoms. The second kappa shape index (κ2) is 10.2. The van der Waals surface area contributed by atoms with E-state index >= 15 is 0 Å². The van der Waals surface area contributed by atoms with Gasteiger partial charge in [-0.2, -0.15) is 5.10 Å². The minimum Gasteiger partial charge on any atom is -0.364 e. The molecule has 0 aliphatic carbocycles. The van der Waals surface area contributed by atoms with Gasteiger partial charge in [0, 0.05) is 17.8 Å². The van der Waals surface area contributed by atoms with E-state index in [1.807, 2.05) is 0 Å². The number of nitrogens with zero attached hydrogens (tertiary/aromatic N) is 4. The molecule has 3 heterocycles. The lowest BCUT2D eigenvalue weighted by molar-refractivity contribution is 0.421. The molecule has 0 spiro atoms. The third kappa shape index (κ3) is 5.69. The Balaban J connectivity index is 0.000000628. The van der Waals surface area contributed by atoms with Crippen molar-refractivity contribution >= 4 is 11.8 Å². The standard InChI is InChI=1S/C18H14FN5O2S.C4H10/c1-27-16-9-20-17(21-18(16)25)14-8-15(13-6-7-26-23-13)24(22-14)10-11-4-2-3-5-12(11)19;1-4(2)3/h2-9H,10H2,1H3,(H,20,21,25);4H,1-3H3. The summed E-state index contributed by atoms with van der Waals surface area (Å²) in [7, 11) is 0. The summed E-state index contributed by atoms with van der Waals surface area (Å²) in [5.41, 5.74) is 1.87. The number of H-pyrrole nitrogens is 1. The van der Waals surface area contributed by atoms with Crippen molar-refractivity contribution in [3.63, 3.8) is 0 Å². The summed E-state index contributed by atoms with van der Waals surface area (Å²) in [5.74, 6) is 0.839. The Kier molecular flexibility index (Phi) is 7.41. The van der Waals surface area contributed by atoms with Crippen molar-refractivity contribution in [2.45, 2.75) is 32.2 Å². The van der Waals surface area contributed by atoms with Gasteiger partial charge < -0.3 is 9.51 Å². The van der Waals surface area contributed by atoms with Crippen LogP contribution in [0.25, 0.3) is 22.9 Å². The lowest BCUT2D eigenvalue weighted by atomic mass is 10.2. The molecule has 1 aromatic carbocycles. The Morgan fingerprint density at radius 1 is 1.19 bits per heavy atom. The first-order valence-corrected chi connectivity index (χ1v) is 11.0. The van der Waals surface area contributed by atoms with Gasteiger partial charge in [-0.05, 0) is 24.3 Å². The highest BCUT2D eigenvalue weighted by Gasteiger charge is 2.17. The number of thioether (sulfide) groups is 1. The maximum Gasteiger partial charge on any atom is 0.264 e. The summed E-state index contributed by atoms with van der Waals surface area (Å²) >= 11 is 1.31. The maximum absolute atomic E-state index is 14.1. The first-order chi connectivity index (χ1) is 14.9. The topological polar surface area (TPSA) is 89.6 Å². The van der Waals surface area contributed by atoms with Crippen LogP contribution in [0.3, 0.4) is 0 Å². The molecule has 4 rings (SSSR count). The number of aromatic nitrogens is 5. The summed E-state index contributed by atoms with van der Waals surface area (Å²) in [6.45, 7) is 6.70. The van der Waals surface area contributed by atoms with Crippen LogP contribution >= 0.6 is 11.8 Å². The molecule has 0 aliphatic rings. The monoisotopic (exact) mass is 441 g/mol. The second-order valence-corrected chi connectivity index (χ2v) is 8.26. The van der Waals surface area contributed by atoms with Gasteiger partial charge in [-0.25, -0.2) is 9.37 Å². The van der Waals surface area contributed by atoms with E-state index in [1.54, 1.807) is 41.3 Å². The molecule has 3 aromatic heterocycles. The Hall–Kier alpha value is -3.20. The normalized spacial score (nSPS) is 10.8. The predicted molar refractivity (Wildman–Crippen MR) is 119 cm³/mol. The van der Waals surface area contributed by atoms with Crippen LogP contribution in [0, 0.1) is 11.7 Å². The van der Waals surface area contributed by atoms with Crippen LogP contribution in [0.2, 0.25) is 0 Å². The first-order valence-electron chi connectivity index (χ1n) is 9.74. The lowest BCUT2D eigenvalue weighted by Gasteiger charge is -2.06. The summed E-state index contributed by atoms with van der Waals surface area (Å²) in [4.78, 5) is 19.6. The van der Waals surface area contributed by atoms with Gasteiger partial charge in [0.15, 0.2) is 5.82 Å². The van der Waals surface area contributed by atoms with Gasteiger partial charge in [0.25, 0.3) is 5.56 Å². The lowest BCUT2D eigenvalue weighted by Crippen LogP contribution is -2.11. The molecule has 4 aromatic rings. The fraction of sp³-hybridized carbons (Fsp3) is 0.273. The third-order valence-corrected chi connectivity index (χ3v) is 4.72. The van der Waals surface area contributed by atoms with E-state index in [1.165, 1.54) is 30.3 Å². The number of halogens is 1. The van der Waals surface area contributed by atoms with Crippen molar-refractivity contribution < 1.29 is 8.91 Å². The number of benzene rings is 1. The zero-order valence-corrected chi connectivity index (χ0v) is 18.6. The third-order valence-electron chi connectivity index (χ3n) is 3.99. The molecular weight excluding hydrogens is 417 g/mol. The van der Waals surface area contributed by atoms with Gasteiger partial charge in [0.05, 0.1) is 17.1 Å². The van der Waals surface area contributed by atoms with E-state index in [4.69, 9.17) is 4.52 Å². The first kappa shape index (κ1) is 22.5. The number of hydrogen-bond donors (Lipinski definition) is 1. The largest absolute Gasteiger partial charge is 0.364 e. The van der Waals surface area contributed by atoms with E-state index in [0.29, 0.717) is 33.4 Å². The van der Waals surface area contributed by atoms with Gasteiger partial charge in [-0.1, -0.05) is 44.1 Å². The summed E-state index contributed by atoms with van der Waals surface area (Å²) in [6, 6.07) is 9.90. The highest BCUT2D eigenvalue weighted by atomic mass is 32.2. The molecule has 162 valence electrons. The van der Waals surface area contributed by atoms with Crippen LogP contribution in [0.4, 0.5) is 4.39 Å². The molecule has 0 atom stereocenters. The van der Waals surface area contributed by atoms with Gasteiger partial charge in [0.2, 0.25) is 0 Å². The fourth-order valence-corrected chi connectivity index (χ4v) is 3.05. The molecule has 9 heteroatoms. The van der Waals surface area contributed by atoms with Crippen molar-refractivity contribution in [3.05, 3.63) is 70.6 Å². The Morgan fingerprint density at radius 3 is 2.55 bits per heavy atom. The number of hydrogen-bond acceptors (Lipinski definition) is 6. The van der Waals surface area contributed by atoms with Crippen LogP contribution in [0.1, 0.15) is 26.3 Å². The molecule has 0 fully saturated rings. The van der Waals surface area contributed by atoms with E-state index in [0.717, 1.165) is 5.92 Å². The van der Waals surface area contributed by atoms with E-state index in [9.17, 15) is 9.18 Å². The van der Waals surface area contributed by atoms with E-state index in [2.05, 4.69) is 41.0 Å². The van der Waals surface area contributed by atoms with Crippen LogP contribution in [-0.2, 0) is 6.54 Å². The van der Waals surface area contributed by atoms with Gasteiger partial charge in [-0.3, -0.25) is 9.48 Å². The fourth-order valence-electron chi connectivity index (χ4n) is 2.65. The highest BCUT2D eigenvalue weighted by Crippen LogP contribution is 2.24. The average molecular weight is 442 g/mol. The molecule has 1 N–H and O–H groups in total.